The summed E-state index contributed by atoms with van der Waals surface area (Å²) in [6, 6.07) is 6.31. The maximum absolute atomic E-state index is 11.7. The number of hydrogen-bond acceptors (Lipinski definition) is 6. The second-order valence-electron chi connectivity index (χ2n) is 4.79. The van der Waals surface area contributed by atoms with E-state index in [1.165, 1.54) is 21.1 Å². The number of carbonyl (C=O) groups is 3. The predicted octanol–water partition coefficient (Wildman–Crippen LogP) is 1.11. The average molecular weight is 320 g/mol. The smallest absolute Gasteiger partial charge is 0.328 e. The maximum Gasteiger partial charge on any atom is 0.328 e. The summed E-state index contributed by atoms with van der Waals surface area (Å²) in [6.07, 6.45) is 1.84. The summed E-state index contributed by atoms with van der Waals surface area (Å²) in [4.78, 5) is 38.9. The van der Waals surface area contributed by atoms with Crippen molar-refractivity contribution in [3.8, 4) is 0 Å². The number of esters is 1. The lowest BCUT2D eigenvalue weighted by Gasteiger charge is -2.15. The molecule has 0 bridgehead atoms. The van der Waals surface area contributed by atoms with Gasteiger partial charge in [-0.3, -0.25) is 9.59 Å². The van der Waals surface area contributed by atoms with E-state index in [1.54, 1.807) is 12.1 Å². The molecule has 1 amide bonds. The Morgan fingerprint density at radius 3 is 2.39 bits per heavy atom. The van der Waals surface area contributed by atoms with Crippen LogP contribution in [0.25, 0.3) is 0 Å². The third-order valence-electron chi connectivity index (χ3n) is 3.16. The van der Waals surface area contributed by atoms with Crippen molar-refractivity contribution in [3.63, 3.8) is 0 Å². The van der Waals surface area contributed by atoms with E-state index >= 15 is 0 Å². The van der Waals surface area contributed by atoms with Crippen LogP contribution in [-0.2, 0) is 25.6 Å². The van der Waals surface area contributed by atoms with Gasteiger partial charge >= 0.3 is 5.97 Å². The number of hydrogen-bond donors (Lipinski definition) is 1. The van der Waals surface area contributed by atoms with Gasteiger partial charge in [0, 0.05) is 5.56 Å². The Labute approximate surface area is 134 Å². The lowest BCUT2D eigenvalue weighted by atomic mass is 10.0. The van der Waals surface area contributed by atoms with Gasteiger partial charge in [0.1, 0.15) is 19.4 Å². The fourth-order valence-electron chi connectivity index (χ4n) is 1.92. The molecule has 0 saturated carbocycles. The third-order valence-corrected chi connectivity index (χ3v) is 3.16. The van der Waals surface area contributed by atoms with Crippen molar-refractivity contribution in [3.05, 3.63) is 35.4 Å². The van der Waals surface area contributed by atoms with Gasteiger partial charge in [-0.15, -0.1) is 0 Å². The molecule has 0 radical (unpaired) electrons. The molecule has 0 aliphatic heterocycles. The molecule has 0 saturated heterocycles. The summed E-state index contributed by atoms with van der Waals surface area (Å²) < 4.78 is 4.68. The third kappa shape index (κ3) is 6.29. The first-order valence-corrected chi connectivity index (χ1v) is 7.02. The summed E-state index contributed by atoms with van der Waals surface area (Å²) in [7, 11) is 2.57. The minimum absolute atomic E-state index is 0.00585. The molecule has 0 heterocycles. The fourth-order valence-corrected chi connectivity index (χ4v) is 1.92. The van der Waals surface area contributed by atoms with Crippen LogP contribution in [0, 0.1) is 0 Å². The predicted molar refractivity (Wildman–Crippen MR) is 84.2 cm³/mol. The van der Waals surface area contributed by atoms with Crippen LogP contribution in [-0.4, -0.2) is 44.1 Å². The van der Waals surface area contributed by atoms with E-state index in [9.17, 15) is 14.4 Å². The zero-order valence-electron chi connectivity index (χ0n) is 13.4. The Hall–Kier alpha value is -2.70. The molecule has 0 spiro atoms. The number of carbonyl (C=O) groups excluding carboxylic acids is 3. The number of nitrogens with zero attached hydrogens (tertiary/aromatic N) is 1. The Kier molecular flexibility index (Phi) is 7.45. The number of oxime groups is 1. The van der Waals surface area contributed by atoms with E-state index in [0.29, 0.717) is 18.4 Å². The quantitative estimate of drug-likeness (QED) is 0.335. The van der Waals surface area contributed by atoms with Gasteiger partial charge in [-0.25, -0.2) is 4.79 Å². The number of methoxy groups -OCH3 is 1. The molecule has 1 N–H and O–H groups in total. The van der Waals surface area contributed by atoms with Crippen molar-refractivity contribution < 1.29 is 24.0 Å². The molecule has 23 heavy (non-hydrogen) atoms. The van der Waals surface area contributed by atoms with Gasteiger partial charge < -0.3 is 14.9 Å². The zero-order valence-corrected chi connectivity index (χ0v) is 13.4. The summed E-state index contributed by atoms with van der Waals surface area (Å²) in [5, 5.41) is 5.84. The van der Waals surface area contributed by atoms with Gasteiger partial charge in [0.25, 0.3) is 5.91 Å². The summed E-state index contributed by atoms with van der Waals surface area (Å²) in [6.45, 7) is 1.50. The monoisotopic (exact) mass is 320 g/mol. The maximum atomic E-state index is 11.7. The molecule has 7 heteroatoms. The number of benzene rings is 1. The molecule has 1 aromatic carbocycles. The molecule has 124 valence electrons. The van der Waals surface area contributed by atoms with Crippen molar-refractivity contribution >= 4 is 23.9 Å². The van der Waals surface area contributed by atoms with E-state index < -0.39 is 17.9 Å². The molecule has 1 aromatic rings. The summed E-state index contributed by atoms with van der Waals surface area (Å²) in [5.74, 6) is -1.09. The normalized spacial score (nSPS) is 11.8. The molecule has 0 aliphatic carbocycles. The number of amides is 1. The molecule has 0 aliphatic rings. The first kappa shape index (κ1) is 18.3. The van der Waals surface area contributed by atoms with Crippen LogP contribution in [0.15, 0.2) is 29.4 Å². The van der Waals surface area contributed by atoms with Gasteiger partial charge in [-0.1, -0.05) is 29.4 Å². The zero-order chi connectivity index (χ0) is 17.2. The Bertz CT molecular complexity index is 581. The minimum atomic E-state index is -0.789. The van der Waals surface area contributed by atoms with Crippen LogP contribution in [0.4, 0.5) is 0 Å². The van der Waals surface area contributed by atoms with Crippen molar-refractivity contribution in [2.45, 2.75) is 25.8 Å². The Morgan fingerprint density at radius 1 is 1.22 bits per heavy atom. The highest BCUT2D eigenvalue weighted by molar-refractivity contribution is 6.26. The van der Waals surface area contributed by atoms with Crippen molar-refractivity contribution in [2.75, 3.05) is 14.2 Å². The second kappa shape index (κ2) is 9.34. The van der Waals surface area contributed by atoms with Gasteiger partial charge in [-0.05, 0) is 25.3 Å². The molecular weight excluding hydrogens is 300 g/mol. The number of ether oxygens (including phenoxy) is 1. The minimum Gasteiger partial charge on any atom is -0.467 e. The van der Waals surface area contributed by atoms with E-state index in [0.717, 1.165) is 11.8 Å². The largest absolute Gasteiger partial charge is 0.467 e. The van der Waals surface area contributed by atoms with E-state index in [1.807, 2.05) is 12.1 Å². The lowest BCUT2D eigenvalue weighted by Crippen LogP contribution is -2.42. The first-order valence-electron chi connectivity index (χ1n) is 7.02. The van der Waals surface area contributed by atoms with Crippen LogP contribution >= 0.6 is 0 Å². The molecule has 1 rings (SSSR count). The van der Waals surface area contributed by atoms with Gasteiger partial charge in [0.05, 0.1) is 7.11 Å². The van der Waals surface area contributed by atoms with E-state index in [-0.39, 0.29) is 5.78 Å². The van der Waals surface area contributed by atoms with Crippen LogP contribution < -0.4 is 5.32 Å². The summed E-state index contributed by atoms with van der Waals surface area (Å²) >= 11 is 0. The first-order chi connectivity index (χ1) is 11.0. The van der Waals surface area contributed by atoms with Gasteiger partial charge in [0.2, 0.25) is 0 Å². The van der Waals surface area contributed by atoms with Crippen LogP contribution in [0.1, 0.15) is 29.3 Å². The van der Waals surface area contributed by atoms with Crippen LogP contribution in [0.2, 0.25) is 0 Å². The molecule has 0 unspecified atom stereocenters. The SMILES string of the molecule is CO/N=C/C(=O)N[C@@H](CCc1ccc(C(C)=O)cc1)C(=O)OC. The number of Topliss-reactive ketones (excluding diaryl/α,β-unsaturated/α-hetero) is 1. The van der Waals surface area contributed by atoms with E-state index in [2.05, 4.69) is 20.0 Å². The number of ketones is 1. The van der Waals surface area contributed by atoms with E-state index in [4.69, 9.17) is 0 Å². The second-order valence-corrected chi connectivity index (χ2v) is 4.79. The molecule has 7 nitrogen and oxygen atoms in total. The molecule has 0 fully saturated rings. The van der Waals surface area contributed by atoms with Crippen LogP contribution in [0.3, 0.4) is 0 Å². The van der Waals surface area contributed by atoms with Gasteiger partial charge in [-0.2, -0.15) is 0 Å². The van der Waals surface area contributed by atoms with Crippen molar-refractivity contribution in [1.29, 1.82) is 0 Å². The number of aryl methyl sites for hydroxylation is 1. The molecule has 0 aromatic heterocycles. The highest BCUT2D eigenvalue weighted by Crippen LogP contribution is 2.09. The average Bonchev–Trinajstić information content (AvgIpc) is 2.56. The number of nitrogens with one attached hydrogen (secondary N) is 1. The highest BCUT2D eigenvalue weighted by atomic mass is 16.6. The standard InChI is InChI=1S/C16H20N2O5/c1-11(19)13-7-4-12(5-8-13)6-9-14(16(21)22-2)18-15(20)10-17-23-3/h4-5,7-8,10,14H,6,9H2,1-3H3,(H,18,20)/b17-10+/t14-/m0/s1. The molecule has 1 atom stereocenters. The Morgan fingerprint density at radius 2 is 1.87 bits per heavy atom. The fraction of sp³-hybridized carbons (Fsp3) is 0.375. The topological polar surface area (TPSA) is 94.1 Å². The molecular formula is C16H20N2O5. The Balaban J connectivity index is 2.66. The lowest BCUT2D eigenvalue weighted by molar-refractivity contribution is -0.144. The van der Waals surface area contributed by atoms with Crippen LogP contribution in [0.5, 0.6) is 0 Å². The van der Waals surface area contributed by atoms with Crippen molar-refractivity contribution in [2.24, 2.45) is 5.16 Å². The highest BCUT2D eigenvalue weighted by Gasteiger charge is 2.20. The summed E-state index contributed by atoms with van der Waals surface area (Å²) in [5.41, 5.74) is 1.58. The number of rotatable bonds is 8. The van der Waals surface area contributed by atoms with Crippen molar-refractivity contribution in [1.82, 2.24) is 5.32 Å². The van der Waals surface area contributed by atoms with Gasteiger partial charge in [0.15, 0.2) is 5.78 Å².